The largest absolute Gasteiger partial charge is 0.369 e. The fraction of sp³-hybridized carbons (Fsp3) is 0.389. The molecule has 1 atom stereocenters. The summed E-state index contributed by atoms with van der Waals surface area (Å²) >= 11 is 7.89. The normalized spacial score (nSPS) is 17.3. The molecule has 1 fully saturated rings. The van der Waals surface area contributed by atoms with E-state index in [1.807, 2.05) is 25.2 Å². The van der Waals surface area contributed by atoms with Crippen molar-refractivity contribution in [2.24, 2.45) is 4.99 Å². The lowest BCUT2D eigenvalue weighted by molar-refractivity contribution is 0.648. The van der Waals surface area contributed by atoms with Gasteiger partial charge in [0.15, 0.2) is 5.96 Å². The van der Waals surface area contributed by atoms with Gasteiger partial charge in [-0.25, -0.2) is 0 Å². The first-order valence-electron chi connectivity index (χ1n) is 8.24. The molecule has 3 rings (SSSR count). The molecule has 2 aromatic rings. The average molecular weight is 491 g/mol. The summed E-state index contributed by atoms with van der Waals surface area (Å²) < 4.78 is 0. The van der Waals surface area contributed by atoms with Crippen LogP contribution >= 0.6 is 46.9 Å². The van der Waals surface area contributed by atoms with Gasteiger partial charge in [0.05, 0.1) is 0 Å². The first-order chi connectivity index (χ1) is 11.7. The number of benzene rings is 1. The van der Waals surface area contributed by atoms with Crippen LogP contribution in [-0.4, -0.2) is 38.7 Å². The molecule has 0 bridgehead atoms. The number of hydrogen-bond donors (Lipinski definition) is 2. The lowest BCUT2D eigenvalue weighted by atomic mass is 10.2. The summed E-state index contributed by atoms with van der Waals surface area (Å²) in [7, 11) is 1.82. The number of aliphatic imine (C=N–C) groups is 1. The highest BCUT2D eigenvalue weighted by molar-refractivity contribution is 14.0. The van der Waals surface area contributed by atoms with Crippen molar-refractivity contribution in [3.8, 4) is 0 Å². The van der Waals surface area contributed by atoms with Gasteiger partial charge in [0.1, 0.15) is 0 Å². The van der Waals surface area contributed by atoms with Gasteiger partial charge in [0, 0.05) is 48.3 Å². The van der Waals surface area contributed by atoms with E-state index in [1.165, 1.54) is 10.6 Å². The van der Waals surface area contributed by atoms with Gasteiger partial charge in [-0.15, -0.1) is 35.3 Å². The van der Waals surface area contributed by atoms with Crippen molar-refractivity contribution in [1.29, 1.82) is 0 Å². The van der Waals surface area contributed by atoms with E-state index < -0.39 is 0 Å². The standard InChI is InChI=1S/C18H23ClN4S.HI/c1-20-18(21-9-7-17-6-3-11-24-17)22-15-8-10-23(13-15)16-5-2-4-14(19)12-16;/h2-6,11-12,15H,7-10,13H2,1H3,(H2,20,21,22);1H. The van der Waals surface area contributed by atoms with Crippen LogP contribution in [0.5, 0.6) is 0 Å². The average Bonchev–Trinajstić information content (AvgIpc) is 3.25. The Balaban J connectivity index is 0.00000225. The molecule has 136 valence electrons. The van der Waals surface area contributed by atoms with Gasteiger partial charge < -0.3 is 15.5 Å². The topological polar surface area (TPSA) is 39.7 Å². The third-order valence-corrected chi connectivity index (χ3v) is 5.34. The van der Waals surface area contributed by atoms with Crippen molar-refractivity contribution < 1.29 is 0 Å². The van der Waals surface area contributed by atoms with Crippen LogP contribution in [-0.2, 0) is 6.42 Å². The molecule has 4 nitrogen and oxygen atoms in total. The SMILES string of the molecule is CN=C(NCCc1cccs1)NC1CCN(c2cccc(Cl)c2)C1.I. The van der Waals surface area contributed by atoms with Gasteiger partial charge in [-0.05, 0) is 42.5 Å². The molecule has 25 heavy (non-hydrogen) atoms. The Kier molecular flexibility index (Phi) is 8.32. The maximum Gasteiger partial charge on any atom is 0.191 e. The van der Waals surface area contributed by atoms with E-state index in [1.54, 1.807) is 11.3 Å². The molecular formula is C18H24ClIN4S. The molecule has 0 spiro atoms. The quantitative estimate of drug-likeness (QED) is 0.378. The zero-order valence-electron chi connectivity index (χ0n) is 14.2. The molecule has 0 radical (unpaired) electrons. The first kappa shape index (κ1) is 20.3. The minimum Gasteiger partial charge on any atom is -0.369 e. The van der Waals surface area contributed by atoms with E-state index in [9.17, 15) is 0 Å². The number of hydrogen-bond acceptors (Lipinski definition) is 3. The fourth-order valence-corrected chi connectivity index (χ4v) is 3.83. The summed E-state index contributed by atoms with van der Waals surface area (Å²) in [5, 5.41) is 9.84. The summed E-state index contributed by atoms with van der Waals surface area (Å²) in [5.41, 5.74) is 1.19. The van der Waals surface area contributed by atoms with E-state index in [0.29, 0.717) is 6.04 Å². The summed E-state index contributed by atoms with van der Waals surface area (Å²) in [6.45, 7) is 2.89. The Morgan fingerprint density at radius 1 is 1.36 bits per heavy atom. The Hall–Kier alpha value is -0.990. The predicted molar refractivity (Wildman–Crippen MR) is 120 cm³/mol. The summed E-state index contributed by atoms with van der Waals surface area (Å²) in [5.74, 6) is 0.879. The molecule has 0 amide bonds. The molecule has 2 N–H and O–H groups in total. The Morgan fingerprint density at radius 3 is 2.96 bits per heavy atom. The fourth-order valence-electron chi connectivity index (χ4n) is 2.93. The number of halogens is 2. The smallest absolute Gasteiger partial charge is 0.191 e. The number of nitrogens with one attached hydrogen (secondary N) is 2. The zero-order valence-corrected chi connectivity index (χ0v) is 18.1. The van der Waals surface area contributed by atoms with Crippen LogP contribution < -0.4 is 15.5 Å². The zero-order chi connectivity index (χ0) is 16.8. The van der Waals surface area contributed by atoms with E-state index in [4.69, 9.17) is 11.6 Å². The van der Waals surface area contributed by atoms with Crippen molar-refractivity contribution in [3.05, 3.63) is 51.7 Å². The lowest BCUT2D eigenvalue weighted by Crippen LogP contribution is -2.45. The van der Waals surface area contributed by atoms with Gasteiger partial charge in [-0.2, -0.15) is 0 Å². The van der Waals surface area contributed by atoms with Crippen LogP contribution in [0.4, 0.5) is 5.69 Å². The number of nitrogens with zero attached hydrogens (tertiary/aromatic N) is 2. The van der Waals surface area contributed by atoms with E-state index in [-0.39, 0.29) is 24.0 Å². The second kappa shape index (κ2) is 10.2. The van der Waals surface area contributed by atoms with Crippen LogP contribution in [0, 0.1) is 0 Å². The predicted octanol–water partition coefficient (Wildman–Crippen LogP) is 4.01. The van der Waals surface area contributed by atoms with Crippen LogP contribution in [0.25, 0.3) is 0 Å². The lowest BCUT2D eigenvalue weighted by Gasteiger charge is -2.20. The molecular weight excluding hydrogens is 467 g/mol. The maximum atomic E-state index is 6.10. The molecule has 1 saturated heterocycles. The van der Waals surface area contributed by atoms with Crippen LogP contribution in [0.1, 0.15) is 11.3 Å². The second-order valence-electron chi connectivity index (χ2n) is 5.88. The Bertz CT molecular complexity index is 677. The van der Waals surface area contributed by atoms with Gasteiger partial charge in [-0.1, -0.05) is 23.7 Å². The van der Waals surface area contributed by atoms with E-state index in [0.717, 1.165) is 43.5 Å². The number of rotatable bonds is 5. The molecule has 2 heterocycles. The highest BCUT2D eigenvalue weighted by atomic mass is 127. The minimum atomic E-state index is 0. The number of anilines is 1. The summed E-state index contributed by atoms with van der Waals surface area (Å²) in [6.07, 6.45) is 2.12. The van der Waals surface area contributed by atoms with Crippen molar-refractivity contribution in [3.63, 3.8) is 0 Å². The molecule has 1 aliphatic rings. The van der Waals surface area contributed by atoms with E-state index in [2.05, 4.69) is 44.1 Å². The highest BCUT2D eigenvalue weighted by Gasteiger charge is 2.23. The van der Waals surface area contributed by atoms with Crippen molar-refractivity contribution in [2.45, 2.75) is 18.9 Å². The highest BCUT2D eigenvalue weighted by Crippen LogP contribution is 2.23. The molecule has 7 heteroatoms. The summed E-state index contributed by atoms with van der Waals surface area (Å²) in [4.78, 5) is 8.10. The Labute approximate surface area is 175 Å². The molecule has 1 aromatic heterocycles. The molecule has 0 aliphatic carbocycles. The molecule has 1 unspecified atom stereocenters. The molecule has 0 saturated carbocycles. The molecule has 1 aliphatic heterocycles. The van der Waals surface area contributed by atoms with Crippen LogP contribution in [0.15, 0.2) is 46.8 Å². The Morgan fingerprint density at radius 2 is 2.24 bits per heavy atom. The van der Waals surface area contributed by atoms with E-state index >= 15 is 0 Å². The van der Waals surface area contributed by atoms with Gasteiger partial charge in [0.25, 0.3) is 0 Å². The molecule has 1 aromatic carbocycles. The number of thiophene rings is 1. The first-order valence-corrected chi connectivity index (χ1v) is 9.50. The maximum absolute atomic E-state index is 6.10. The monoisotopic (exact) mass is 490 g/mol. The summed E-state index contributed by atoms with van der Waals surface area (Å²) in [6, 6.07) is 12.7. The van der Waals surface area contributed by atoms with Crippen molar-refractivity contribution in [1.82, 2.24) is 10.6 Å². The van der Waals surface area contributed by atoms with Crippen LogP contribution in [0.2, 0.25) is 5.02 Å². The number of guanidine groups is 1. The minimum absolute atomic E-state index is 0. The van der Waals surface area contributed by atoms with Crippen molar-refractivity contribution in [2.75, 3.05) is 31.6 Å². The van der Waals surface area contributed by atoms with Gasteiger partial charge >= 0.3 is 0 Å². The van der Waals surface area contributed by atoms with Crippen LogP contribution in [0.3, 0.4) is 0 Å². The second-order valence-corrected chi connectivity index (χ2v) is 7.35. The van der Waals surface area contributed by atoms with Gasteiger partial charge in [0.2, 0.25) is 0 Å². The third-order valence-electron chi connectivity index (χ3n) is 4.17. The van der Waals surface area contributed by atoms with Gasteiger partial charge in [-0.3, -0.25) is 4.99 Å². The third kappa shape index (κ3) is 6.04. The van der Waals surface area contributed by atoms with Crippen molar-refractivity contribution >= 4 is 58.6 Å².